The molecule has 0 amide bonds. The van der Waals surface area contributed by atoms with Crippen molar-refractivity contribution < 1.29 is 13.2 Å². The van der Waals surface area contributed by atoms with Crippen LogP contribution in [-0.4, -0.2) is 16.0 Å². The lowest BCUT2D eigenvalue weighted by molar-refractivity contribution is -0.142. The van der Waals surface area contributed by atoms with Crippen LogP contribution in [0.25, 0.3) is 0 Å². The minimum absolute atomic E-state index is 0.608. The molecule has 6 heteroatoms. The average Bonchev–Trinajstić information content (AvgIpc) is 2.07. The predicted molar refractivity (Wildman–Crippen MR) is 45.7 cm³/mol. The molecule has 1 aromatic rings. The van der Waals surface area contributed by atoms with Crippen LogP contribution in [0, 0.1) is 10.6 Å². The second-order valence-corrected chi connectivity index (χ2v) is 3.44. The fourth-order valence-corrected chi connectivity index (χ4v) is 1.18. The van der Waals surface area contributed by atoms with Gasteiger partial charge in [0, 0.05) is 11.8 Å². The van der Waals surface area contributed by atoms with E-state index in [1.807, 2.05) is 22.6 Å². The fraction of sp³-hybridized carbons (Fsp3) is 0.500. The van der Waals surface area contributed by atoms with Crippen molar-refractivity contribution in [2.24, 2.45) is 0 Å². The van der Waals surface area contributed by atoms with Crippen LogP contribution in [0.3, 0.4) is 0 Å². The molecule has 0 aliphatic heterocycles. The highest BCUT2D eigenvalue weighted by molar-refractivity contribution is 14.1. The summed E-state index contributed by atoms with van der Waals surface area (Å²) >= 11 is 1.90. The first-order chi connectivity index (χ1) is 5.38. The van der Waals surface area contributed by atoms with Gasteiger partial charge in [0.05, 0.1) is 0 Å². The monoisotopic (exact) mass is 290 g/mol. The molecule has 0 radical (unpaired) electrons. The first-order valence-electron chi connectivity index (χ1n) is 3.15. The normalized spacial score (nSPS) is 12.1. The number of nitrogens with zero attached hydrogens (tertiary/aromatic N) is 2. The van der Waals surface area contributed by atoms with Crippen molar-refractivity contribution in [3.8, 4) is 0 Å². The van der Waals surface area contributed by atoms with E-state index >= 15 is 0 Å². The molecule has 0 bridgehead atoms. The first kappa shape index (κ1) is 9.82. The molecule has 1 rings (SSSR count). The molecule has 0 fully saturated rings. The molecule has 12 heavy (non-hydrogen) atoms. The van der Waals surface area contributed by atoms with E-state index in [0.717, 1.165) is 10.2 Å². The summed E-state index contributed by atoms with van der Waals surface area (Å²) in [6.07, 6.45) is -2.81. The number of aromatic nitrogens is 2. The Morgan fingerprint density at radius 3 is 2.50 bits per heavy atom. The van der Waals surface area contributed by atoms with Crippen LogP contribution in [0.1, 0.15) is 5.56 Å². The highest BCUT2D eigenvalue weighted by Gasteiger charge is 2.28. The van der Waals surface area contributed by atoms with Crippen LogP contribution in [0.15, 0.2) is 6.20 Å². The largest absolute Gasteiger partial charge is 0.408 e. The zero-order chi connectivity index (χ0) is 9.35. The molecule has 0 N–H and O–H groups in total. The summed E-state index contributed by atoms with van der Waals surface area (Å²) in [5.41, 5.74) is 0.764. The van der Waals surface area contributed by atoms with Gasteiger partial charge in [-0.05, 0) is 29.5 Å². The number of rotatable bonds is 1. The van der Waals surface area contributed by atoms with Gasteiger partial charge in [0.25, 0.3) is 0 Å². The van der Waals surface area contributed by atoms with Crippen LogP contribution in [0.2, 0.25) is 0 Å². The summed E-state index contributed by atoms with van der Waals surface area (Å²) in [5, 5.41) is 3.68. The minimum Gasteiger partial charge on any atom is -0.262 e. The molecule has 0 aromatic carbocycles. The predicted octanol–water partition coefficient (Wildman–Crippen LogP) is 2.36. The van der Waals surface area contributed by atoms with Crippen LogP contribution >= 0.6 is 22.6 Å². The summed E-state index contributed by atoms with van der Waals surface area (Å²) in [4.78, 5) is 0. The number of aryl methyl sites for hydroxylation is 1. The quantitative estimate of drug-likeness (QED) is 0.726. The van der Waals surface area contributed by atoms with E-state index in [-0.39, 0.29) is 0 Å². The van der Waals surface area contributed by atoms with Gasteiger partial charge in [-0.25, -0.2) is 0 Å². The Kier molecular flexibility index (Phi) is 2.64. The Morgan fingerprint density at radius 2 is 2.17 bits per heavy atom. The minimum atomic E-state index is -4.19. The Morgan fingerprint density at radius 1 is 1.58 bits per heavy atom. The number of halogens is 4. The van der Waals surface area contributed by atoms with Gasteiger partial charge in [0.2, 0.25) is 0 Å². The maximum absolute atomic E-state index is 11.8. The van der Waals surface area contributed by atoms with E-state index < -0.39 is 12.7 Å². The van der Waals surface area contributed by atoms with Crippen molar-refractivity contribution >= 4 is 22.6 Å². The van der Waals surface area contributed by atoms with Crippen molar-refractivity contribution in [1.82, 2.24) is 9.78 Å². The van der Waals surface area contributed by atoms with E-state index in [4.69, 9.17) is 0 Å². The molecule has 1 aromatic heterocycles. The molecule has 68 valence electrons. The lowest BCUT2D eigenvalue weighted by Crippen LogP contribution is -2.17. The average molecular weight is 290 g/mol. The van der Waals surface area contributed by atoms with E-state index in [2.05, 4.69) is 5.10 Å². The second kappa shape index (κ2) is 3.23. The van der Waals surface area contributed by atoms with Crippen LogP contribution in [0.4, 0.5) is 13.2 Å². The number of hydrogen-bond donors (Lipinski definition) is 0. The second-order valence-electron chi connectivity index (χ2n) is 2.42. The lowest BCUT2D eigenvalue weighted by atomic mass is 10.4. The molecule has 0 unspecified atom stereocenters. The van der Waals surface area contributed by atoms with E-state index in [1.54, 1.807) is 6.92 Å². The van der Waals surface area contributed by atoms with Gasteiger partial charge in [-0.1, -0.05) is 0 Å². The van der Waals surface area contributed by atoms with Crippen LogP contribution in [-0.2, 0) is 6.54 Å². The molecule has 0 saturated heterocycles. The maximum Gasteiger partial charge on any atom is 0.408 e. The molecular weight excluding hydrogens is 284 g/mol. The van der Waals surface area contributed by atoms with Gasteiger partial charge in [0.1, 0.15) is 10.2 Å². The number of hydrogen-bond acceptors (Lipinski definition) is 1. The summed E-state index contributed by atoms with van der Waals surface area (Å²) in [6.45, 7) is 0.707. The smallest absolute Gasteiger partial charge is 0.262 e. The number of alkyl halides is 3. The third-order valence-corrected chi connectivity index (χ3v) is 2.29. The Balaban J connectivity index is 2.77. The van der Waals surface area contributed by atoms with Crippen molar-refractivity contribution in [2.75, 3.05) is 0 Å². The van der Waals surface area contributed by atoms with Crippen LogP contribution < -0.4 is 0 Å². The molecule has 2 nitrogen and oxygen atoms in total. The molecule has 1 heterocycles. The summed E-state index contributed by atoms with van der Waals surface area (Å²) in [7, 11) is 0. The van der Waals surface area contributed by atoms with E-state index in [1.165, 1.54) is 6.20 Å². The molecule has 0 aliphatic carbocycles. The standard InChI is InChI=1S/C6H6F3IN2/c1-4-2-12(11-5(4)10)3-6(7,8)9/h2H,3H2,1H3. The summed E-state index contributed by atoms with van der Waals surface area (Å²) in [6, 6.07) is 0. The van der Waals surface area contributed by atoms with Crippen molar-refractivity contribution in [3.63, 3.8) is 0 Å². The zero-order valence-corrected chi connectivity index (χ0v) is 8.35. The first-order valence-corrected chi connectivity index (χ1v) is 4.22. The summed E-state index contributed by atoms with van der Waals surface area (Å²) in [5.74, 6) is 0. The van der Waals surface area contributed by atoms with Crippen molar-refractivity contribution in [1.29, 1.82) is 0 Å². The maximum atomic E-state index is 11.8. The van der Waals surface area contributed by atoms with Crippen molar-refractivity contribution in [2.45, 2.75) is 19.6 Å². The molecular formula is C6H6F3IN2. The van der Waals surface area contributed by atoms with Crippen molar-refractivity contribution in [3.05, 3.63) is 15.5 Å². The zero-order valence-electron chi connectivity index (χ0n) is 6.19. The third kappa shape index (κ3) is 2.65. The highest BCUT2D eigenvalue weighted by atomic mass is 127. The highest BCUT2D eigenvalue weighted by Crippen LogP contribution is 2.18. The molecule has 0 saturated carbocycles. The Bertz CT molecular complexity index is 259. The van der Waals surface area contributed by atoms with Crippen LogP contribution in [0.5, 0.6) is 0 Å². The van der Waals surface area contributed by atoms with Gasteiger partial charge in [-0.3, -0.25) is 4.68 Å². The lowest BCUT2D eigenvalue weighted by Gasteiger charge is -2.04. The third-order valence-electron chi connectivity index (χ3n) is 1.23. The van der Waals surface area contributed by atoms with Gasteiger partial charge >= 0.3 is 6.18 Å². The summed E-state index contributed by atoms with van der Waals surface area (Å²) < 4.78 is 37.0. The van der Waals surface area contributed by atoms with Gasteiger partial charge in [-0.2, -0.15) is 18.3 Å². The molecule has 0 aliphatic rings. The Hall–Kier alpha value is -0.270. The van der Waals surface area contributed by atoms with Gasteiger partial charge in [0.15, 0.2) is 0 Å². The van der Waals surface area contributed by atoms with Gasteiger partial charge < -0.3 is 0 Å². The molecule has 0 spiro atoms. The van der Waals surface area contributed by atoms with E-state index in [9.17, 15) is 13.2 Å². The SMILES string of the molecule is Cc1cn(CC(F)(F)F)nc1I. The molecule has 0 atom stereocenters. The topological polar surface area (TPSA) is 17.8 Å². The Labute approximate surface area is 80.9 Å². The fourth-order valence-electron chi connectivity index (χ4n) is 0.762. The van der Waals surface area contributed by atoms with Gasteiger partial charge in [-0.15, -0.1) is 0 Å². The van der Waals surface area contributed by atoms with E-state index in [0.29, 0.717) is 3.70 Å².